The standard InChI is InChI=1S/C22H26N2O4S/c1-15-10-16(2)13-24(12-15)21(26)18-7-3-4-8-19(18)22(27)28-14-20(25)23-11-17-6-5-9-29-17/h3-9,15-16H,10-14H2,1-2H3,(H,23,25)/t15-,16-/m0/s1. The quantitative estimate of drug-likeness (QED) is 0.736. The lowest BCUT2D eigenvalue weighted by Gasteiger charge is -2.35. The highest BCUT2D eigenvalue weighted by Crippen LogP contribution is 2.23. The molecule has 1 aliphatic rings. The van der Waals surface area contributed by atoms with Crippen molar-refractivity contribution < 1.29 is 19.1 Å². The van der Waals surface area contributed by atoms with Gasteiger partial charge in [-0.25, -0.2) is 4.79 Å². The first-order chi connectivity index (χ1) is 13.9. The molecule has 1 aromatic carbocycles. The van der Waals surface area contributed by atoms with Crippen molar-refractivity contribution in [2.75, 3.05) is 19.7 Å². The molecule has 7 heteroatoms. The summed E-state index contributed by atoms with van der Waals surface area (Å²) in [5.41, 5.74) is 0.507. The third-order valence-electron chi connectivity index (χ3n) is 4.91. The number of thiophene rings is 1. The number of esters is 1. The van der Waals surface area contributed by atoms with Crippen LogP contribution in [0.5, 0.6) is 0 Å². The lowest BCUT2D eigenvalue weighted by atomic mass is 9.91. The molecule has 0 saturated carbocycles. The lowest BCUT2D eigenvalue weighted by Crippen LogP contribution is -2.43. The van der Waals surface area contributed by atoms with Gasteiger partial charge in [-0.3, -0.25) is 9.59 Å². The Hall–Kier alpha value is -2.67. The third kappa shape index (κ3) is 5.67. The first kappa shape index (κ1) is 21.0. The molecular weight excluding hydrogens is 388 g/mol. The average Bonchev–Trinajstić information content (AvgIpc) is 3.23. The maximum atomic E-state index is 13.0. The molecule has 1 N–H and O–H groups in total. The second-order valence-electron chi connectivity index (χ2n) is 7.63. The Bertz CT molecular complexity index is 855. The van der Waals surface area contributed by atoms with Crippen LogP contribution in [-0.4, -0.2) is 42.4 Å². The number of benzene rings is 1. The van der Waals surface area contributed by atoms with Crippen molar-refractivity contribution in [3.05, 3.63) is 57.8 Å². The van der Waals surface area contributed by atoms with Crippen LogP contribution in [0.25, 0.3) is 0 Å². The monoisotopic (exact) mass is 414 g/mol. The molecule has 0 spiro atoms. The molecule has 0 unspecified atom stereocenters. The SMILES string of the molecule is C[C@H]1C[C@H](C)CN(C(=O)c2ccccc2C(=O)OCC(=O)NCc2cccs2)C1. The van der Waals surface area contributed by atoms with Crippen LogP contribution in [-0.2, 0) is 16.1 Å². The summed E-state index contributed by atoms with van der Waals surface area (Å²) in [7, 11) is 0. The first-order valence-electron chi connectivity index (χ1n) is 9.78. The fourth-order valence-corrected chi connectivity index (χ4v) is 4.35. The van der Waals surface area contributed by atoms with E-state index in [1.807, 2.05) is 17.5 Å². The summed E-state index contributed by atoms with van der Waals surface area (Å²) in [6, 6.07) is 10.4. The van der Waals surface area contributed by atoms with E-state index < -0.39 is 5.97 Å². The zero-order valence-corrected chi connectivity index (χ0v) is 17.5. The van der Waals surface area contributed by atoms with Gasteiger partial charge in [0.05, 0.1) is 17.7 Å². The van der Waals surface area contributed by atoms with Gasteiger partial charge in [-0.2, -0.15) is 0 Å². The summed E-state index contributed by atoms with van der Waals surface area (Å²) in [5, 5.41) is 4.64. The van der Waals surface area contributed by atoms with Crippen LogP contribution in [0.1, 0.15) is 45.9 Å². The number of hydrogen-bond acceptors (Lipinski definition) is 5. The molecule has 1 fully saturated rings. The molecule has 2 heterocycles. The molecule has 2 amide bonds. The summed E-state index contributed by atoms with van der Waals surface area (Å²) in [6.07, 6.45) is 1.09. The van der Waals surface area contributed by atoms with Crippen LogP contribution < -0.4 is 5.32 Å². The van der Waals surface area contributed by atoms with Crippen molar-refractivity contribution in [1.82, 2.24) is 10.2 Å². The molecule has 0 bridgehead atoms. The van der Waals surface area contributed by atoms with Gasteiger partial charge in [0, 0.05) is 18.0 Å². The highest BCUT2D eigenvalue weighted by atomic mass is 32.1. The van der Waals surface area contributed by atoms with E-state index in [1.54, 1.807) is 40.5 Å². The minimum atomic E-state index is -0.668. The van der Waals surface area contributed by atoms with Gasteiger partial charge in [-0.1, -0.05) is 32.0 Å². The van der Waals surface area contributed by atoms with Crippen molar-refractivity contribution in [1.29, 1.82) is 0 Å². The summed E-state index contributed by atoms with van der Waals surface area (Å²) < 4.78 is 5.16. The zero-order valence-electron chi connectivity index (χ0n) is 16.7. The molecule has 1 saturated heterocycles. The molecule has 2 aromatic rings. The van der Waals surface area contributed by atoms with Gasteiger partial charge < -0.3 is 15.0 Å². The van der Waals surface area contributed by atoms with E-state index in [2.05, 4.69) is 19.2 Å². The lowest BCUT2D eigenvalue weighted by molar-refractivity contribution is -0.124. The Kier molecular flexibility index (Phi) is 7.04. The summed E-state index contributed by atoms with van der Waals surface area (Å²) >= 11 is 1.54. The smallest absolute Gasteiger partial charge is 0.339 e. The highest BCUT2D eigenvalue weighted by molar-refractivity contribution is 7.09. The summed E-state index contributed by atoms with van der Waals surface area (Å²) in [6.45, 7) is 5.63. The van der Waals surface area contributed by atoms with Crippen LogP contribution >= 0.6 is 11.3 Å². The van der Waals surface area contributed by atoms with Crippen molar-refractivity contribution >= 4 is 29.1 Å². The number of ether oxygens (including phenoxy) is 1. The van der Waals surface area contributed by atoms with Crippen molar-refractivity contribution in [3.8, 4) is 0 Å². The van der Waals surface area contributed by atoms with Crippen LogP contribution in [0.15, 0.2) is 41.8 Å². The van der Waals surface area contributed by atoms with E-state index in [4.69, 9.17) is 4.74 Å². The van der Waals surface area contributed by atoms with Crippen molar-refractivity contribution in [2.24, 2.45) is 11.8 Å². The van der Waals surface area contributed by atoms with Gasteiger partial charge in [-0.05, 0) is 41.8 Å². The maximum Gasteiger partial charge on any atom is 0.339 e. The van der Waals surface area contributed by atoms with Crippen LogP contribution in [0.3, 0.4) is 0 Å². The Balaban J connectivity index is 1.61. The molecule has 0 radical (unpaired) electrons. The van der Waals surface area contributed by atoms with E-state index in [9.17, 15) is 14.4 Å². The fourth-order valence-electron chi connectivity index (χ4n) is 3.71. The minimum absolute atomic E-state index is 0.168. The van der Waals surface area contributed by atoms with Gasteiger partial charge >= 0.3 is 5.97 Å². The molecule has 6 nitrogen and oxygen atoms in total. The number of nitrogens with zero attached hydrogens (tertiary/aromatic N) is 1. The number of amides is 2. The van der Waals surface area contributed by atoms with Crippen LogP contribution in [0.4, 0.5) is 0 Å². The zero-order chi connectivity index (χ0) is 20.8. The van der Waals surface area contributed by atoms with Crippen LogP contribution in [0.2, 0.25) is 0 Å². The van der Waals surface area contributed by atoms with Gasteiger partial charge in [0.25, 0.3) is 11.8 Å². The maximum absolute atomic E-state index is 13.0. The normalized spacial score (nSPS) is 18.9. The Labute approximate surface area is 174 Å². The minimum Gasteiger partial charge on any atom is -0.452 e. The second kappa shape index (κ2) is 9.69. The van der Waals surface area contributed by atoms with E-state index in [-0.39, 0.29) is 24.0 Å². The van der Waals surface area contributed by atoms with Gasteiger partial charge in [0.1, 0.15) is 0 Å². The van der Waals surface area contributed by atoms with E-state index in [0.29, 0.717) is 37.0 Å². The van der Waals surface area contributed by atoms with Crippen molar-refractivity contribution in [3.63, 3.8) is 0 Å². The number of hydrogen-bond donors (Lipinski definition) is 1. The molecule has 29 heavy (non-hydrogen) atoms. The number of nitrogens with one attached hydrogen (secondary N) is 1. The predicted octanol–water partition coefficient (Wildman–Crippen LogP) is 3.34. The third-order valence-corrected chi connectivity index (χ3v) is 5.78. The van der Waals surface area contributed by atoms with Gasteiger partial charge in [0.2, 0.25) is 0 Å². The number of carbonyl (C=O) groups is 3. The van der Waals surface area contributed by atoms with E-state index >= 15 is 0 Å². The molecule has 0 aliphatic carbocycles. The molecule has 2 atom stereocenters. The fraction of sp³-hybridized carbons (Fsp3) is 0.409. The Morgan fingerprint density at radius 3 is 2.41 bits per heavy atom. The van der Waals surface area contributed by atoms with Gasteiger partial charge in [0.15, 0.2) is 6.61 Å². The number of rotatable bonds is 6. The Morgan fingerprint density at radius 1 is 1.07 bits per heavy atom. The van der Waals surface area contributed by atoms with Crippen LogP contribution in [0, 0.1) is 11.8 Å². The predicted molar refractivity (Wildman–Crippen MR) is 112 cm³/mol. The Morgan fingerprint density at radius 2 is 1.76 bits per heavy atom. The molecule has 1 aliphatic heterocycles. The highest BCUT2D eigenvalue weighted by Gasteiger charge is 2.28. The van der Waals surface area contributed by atoms with Gasteiger partial charge in [-0.15, -0.1) is 11.3 Å². The molecule has 154 valence electrons. The number of piperidine rings is 1. The average molecular weight is 415 g/mol. The topological polar surface area (TPSA) is 75.7 Å². The van der Waals surface area contributed by atoms with E-state index in [1.165, 1.54) is 0 Å². The first-order valence-corrected chi connectivity index (χ1v) is 10.7. The molecule has 3 rings (SSSR count). The van der Waals surface area contributed by atoms with Crippen molar-refractivity contribution in [2.45, 2.75) is 26.8 Å². The largest absolute Gasteiger partial charge is 0.452 e. The second-order valence-corrected chi connectivity index (χ2v) is 8.67. The summed E-state index contributed by atoms with van der Waals surface area (Å²) in [5.74, 6) is -0.367. The molecular formula is C22H26N2O4S. The number of carbonyl (C=O) groups excluding carboxylic acids is 3. The van der Waals surface area contributed by atoms with E-state index in [0.717, 1.165) is 11.3 Å². The number of likely N-dealkylation sites (tertiary alicyclic amines) is 1. The summed E-state index contributed by atoms with van der Waals surface area (Å²) in [4.78, 5) is 40.4. The molecule has 1 aromatic heterocycles.